The molecule has 0 aliphatic rings. The third-order valence-electron chi connectivity index (χ3n) is 4.79. The molecule has 0 fully saturated rings. The number of hydrogen-bond acceptors (Lipinski definition) is 2. The van der Waals surface area contributed by atoms with Gasteiger partial charge in [-0.2, -0.15) is 74.6 Å². The van der Waals surface area contributed by atoms with Crippen LogP contribution in [-0.4, -0.2) is 59.3 Å². The fraction of sp³-hybridized carbons (Fsp3) is 0.667. The van der Waals surface area contributed by atoms with E-state index in [1.165, 1.54) is 6.92 Å². The Bertz CT molecular complexity index is 938. The van der Waals surface area contributed by atoms with Gasteiger partial charge in [0.15, 0.2) is 0 Å². The van der Waals surface area contributed by atoms with Crippen LogP contribution in [-0.2, 0) is 0 Å². The van der Waals surface area contributed by atoms with Gasteiger partial charge in [0.05, 0.1) is 12.7 Å². The summed E-state index contributed by atoms with van der Waals surface area (Å²) in [5.74, 6) is -57.2. The molecule has 0 aromatic heterocycles. The van der Waals surface area contributed by atoms with Crippen molar-refractivity contribution in [2.45, 2.75) is 67.1 Å². The molecule has 216 valence electrons. The molecular formula is C18H13F17O2. The van der Waals surface area contributed by atoms with Crippen molar-refractivity contribution in [3.63, 3.8) is 0 Å². The van der Waals surface area contributed by atoms with E-state index >= 15 is 0 Å². The number of aliphatic hydroxyl groups excluding tert-OH is 1. The second kappa shape index (κ2) is 9.52. The molecule has 0 radical (unpaired) electrons. The normalized spacial score (nSPS) is 16.1. The SMILES string of the molecule is CCOc1cccc(C(O)CC(F)(F)C(F)(F)C(F)(F)C(F)(F)C(F)(F)C(F)(F)C(F)(F)C(F)(F)F)c1. The number of ether oxygens (including phenoxy) is 1. The lowest BCUT2D eigenvalue weighted by molar-refractivity contribution is -0.462. The molecular weight excluding hydrogens is 571 g/mol. The average Bonchev–Trinajstić information content (AvgIpc) is 2.72. The second-order valence-corrected chi connectivity index (χ2v) is 7.37. The average molecular weight is 584 g/mol. The first-order valence-electron chi connectivity index (χ1n) is 9.29. The number of aliphatic hydroxyl groups is 1. The van der Waals surface area contributed by atoms with E-state index in [0.29, 0.717) is 12.1 Å². The number of halogens is 17. The van der Waals surface area contributed by atoms with Gasteiger partial charge in [0, 0.05) is 6.42 Å². The van der Waals surface area contributed by atoms with Gasteiger partial charge in [0.25, 0.3) is 0 Å². The quantitative estimate of drug-likeness (QED) is 0.273. The van der Waals surface area contributed by atoms with E-state index in [0.717, 1.165) is 12.1 Å². The molecule has 1 aromatic rings. The molecule has 0 aliphatic heterocycles. The fourth-order valence-corrected chi connectivity index (χ4v) is 2.66. The molecule has 0 spiro atoms. The minimum Gasteiger partial charge on any atom is -0.494 e. The molecule has 1 unspecified atom stereocenters. The predicted molar refractivity (Wildman–Crippen MR) is 87.9 cm³/mol. The summed E-state index contributed by atoms with van der Waals surface area (Å²) in [4.78, 5) is 0. The van der Waals surface area contributed by atoms with Gasteiger partial charge in [-0.3, -0.25) is 0 Å². The van der Waals surface area contributed by atoms with Crippen LogP contribution in [0.5, 0.6) is 5.75 Å². The maximum absolute atomic E-state index is 14.0. The first-order chi connectivity index (χ1) is 16.2. The van der Waals surface area contributed by atoms with Crippen molar-refractivity contribution < 1.29 is 84.5 Å². The largest absolute Gasteiger partial charge is 0.494 e. The summed E-state index contributed by atoms with van der Waals surface area (Å²) in [5, 5.41) is 9.67. The Balaban J connectivity index is 3.51. The highest BCUT2D eigenvalue weighted by molar-refractivity contribution is 5.30. The van der Waals surface area contributed by atoms with Gasteiger partial charge in [-0.15, -0.1) is 0 Å². The molecule has 1 rings (SSSR count). The lowest BCUT2D eigenvalue weighted by Gasteiger charge is -2.43. The van der Waals surface area contributed by atoms with Gasteiger partial charge in [0.1, 0.15) is 5.75 Å². The third-order valence-corrected chi connectivity index (χ3v) is 4.79. The standard InChI is InChI=1S/C18H13F17O2/c1-2-37-9-5-3-4-8(6-9)10(36)7-11(19,20)12(21,22)13(23,24)14(25,26)15(27,28)16(29,30)17(31,32)18(33,34)35/h3-6,10,36H,2,7H2,1H3. The fourth-order valence-electron chi connectivity index (χ4n) is 2.66. The first-order valence-corrected chi connectivity index (χ1v) is 9.29. The highest BCUT2D eigenvalue weighted by Gasteiger charge is 2.95. The molecule has 0 amide bonds. The molecule has 0 bridgehead atoms. The highest BCUT2D eigenvalue weighted by Crippen LogP contribution is 2.64. The summed E-state index contributed by atoms with van der Waals surface area (Å²) in [5.41, 5.74) is -0.807. The molecule has 37 heavy (non-hydrogen) atoms. The van der Waals surface area contributed by atoms with Crippen LogP contribution in [0.25, 0.3) is 0 Å². The maximum Gasteiger partial charge on any atom is 0.460 e. The molecule has 0 heterocycles. The van der Waals surface area contributed by atoms with Crippen molar-refractivity contribution in [2.24, 2.45) is 0 Å². The number of hydrogen-bond donors (Lipinski definition) is 1. The zero-order chi connectivity index (χ0) is 29.7. The second-order valence-electron chi connectivity index (χ2n) is 7.37. The number of alkyl halides is 17. The Hall–Kier alpha value is -2.21. The van der Waals surface area contributed by atoms with E-state index in [2.05, 4.69) is 0 Å². The Morgan fingerprint density at radius 3 is 1.46 bits per heavy atom. The van der Waals surface area contributed by atoms with Gasteiger partial charge in [0.2, 0.25) is 0 Å². The van der Waals surface area contributed by atoms with Crippen LogP contribution >= 0.6 is 0 Å². The van der Waals surface area contributed by atoms with Crippen LogP contribution in [0.1, 0.15) is 25.0 Å². The van der Waals surface area contributed by atoms with Crippen LogP contribution in [0, 0.1) is 0 Å². The van der Waals surface area contributed by atoms with Crippen molar-refractivity contribution in [3.8, 4) is 5.75 Å². The van der Waals surface area contributed by atoms with Crippen molar-refractivity contribution in [2.75, 3.05) is 6.61 Å². The molecule has 19 heteroatoms. The predicted octanol–water partition coefficient (Wildman–Crippen LogP) is 7.52. The van der Waals surface area contributed by atoms with Crippen LogP contribution in [0.4, 0.5) is 74.6 Å². The smallest absolute Gasteiger partial charge is 0.460 e. The maximum atomic E-state index is 14.0. The minimum atomic E-state index is -8.69. The Morgan fingerprint density at radius 2 is 1.05 bits per heavy atom. The molecule has 0 saturated carbocycles. The first kappa shape index (κ1) is 32.8. The lowest BCUT2D eigenvalue weighted by atomic mass is 9.87. The van der Waals surface area contributed by atoms with Crippen LogP contribution in [0.15, 0.2) is 24.3 Å². The van der Waals surface area contributed by atoms with E-state index < -0.39 is 65.7 Å². The van der Waals surface area contributed by atoms with E-state index in [9.17, 15) is 79.7 Å². The van der Waals surface area contributed by atoms with Crippen LogP contribution in [0.2, 0.25) is 0 Å². The van der Waals surface area contributed by atoms with Crippen molar-refractivity contribution in [1.82, 2.24) is 0 Å². The van der Waals surface area contributed by atoms with Crippen molar-refractivity contribution >= 4 is 0 Å². The summed E-state index contributed by atoms with van der Waals surface area (Å²) in [6.07, 6.45) is -13.7. The van der Waals surface area contributed by atoms with E-state index in [1.807, 2.05) is 0 Å². The van der Waals surface area contributed by atoms with E-state index in [1.54, 1.807) is 0 Å². The zero-order valence-electron chi connectivity index (χ0n) is 17.6. The van der Waals surface area contributed by atoms with Crippen LogP contribution in [0.3, 0.4) is 0 Å². The van der Waals surface area contributed by atoms with Gasteiger partial charge in [-0.05, 0) is 24.6 Å². The van der Waals surface area contributed by atoms with Crippen molar-refractivity contribution in [1.29, 1.82) is 0 Å². The molecule has 1 aromatic carbocycles. The zero-order valence-corrected chi connectivity index (χ0v) is 17.6. The topological polar surface area (TPSA) is 29.5 Å². The summed E-state index contributed by atoms with van der Waals surface area (Å²) in [6.45, 7) is 1.31. The van der Waals surface area contributed by atoms with Gasteiger partial charge in [-0.1, -0.05) is 12.1 Å². The Kier molecular flexibility index (Phi) is 8.44. The molecule has 2 nitrogen and oxygen atoms in total. The highest BCUT2D eigenvalue weighted by atomic mass is 19.4. The van der Waals surface area contributed by atoms with Gasteiger partial charge in [-0.25, -0.2) is 0 Å². The number of rotatable bonds is 11. The minimum absolute atomic E-state index is 0.0820. The summed E-state index contributed by atoms with van der Waals surface area (Å²) >= 11 is 0. The summed E-state index contributed by atoms with van der Waals surface area (Å²) in [7, 11) is 0. The molecule has 1 N–H and O–H groups in total. The van der Waals surface area contributed by atoms with Crippen LogP contribution < -0.4 is 4.74 Å². The third kappa shape index (κ3) is 4.98. The van der Waals surface area contributed by atoms with E-state index in [4.69, 9.17) is 4.74 Å². The lowest BCUT2D eigenvalue weighted by Crippen LogP contribution is -2.74. The van der Waals surface area contributed by atoms with E-state index in [-0.39, 0.29) is 12.4 Å². The Morgan fingerprint density at radius 1 is 0.649 bits per heavy atom. The monoisotopic (exact) mass is 584 g/mol. The van der Waals surface area contributed by atoms with Gasteiger partial charge >= 0.3 is 47.6 Å². The summed E-state index contributed by atoms with van der Waals surface area (Å²) in [6, 6.07) is 3.41. The Labute approximate surface area is 195 Å². The van der Waals surface area contributed by atoms with Gasteiger partial charge < -0.3 is 9.84 Å². The number of benzene rings is 1. The summed E-state index contributed by atoms with van der Waals surface area (Å²) < 4.78 is 231. The van der Waals surface area contributed by atoms with Crippen molar-refractivity contribution in [3.05, 3.63) is 29.8 Å². The molecule has 0 aliphatic carbocycles. The molecule has 1 atom stereocenters. The molecule has 0 saturated heterocycles.